The fraction of sp³-hybridized carbons (Fsp3) is 0.464. The van der Waals surface area contributed by atoms with Gasteiger partial charge in [-0.1, -0.05) is 95.3 Å². The Morgan fingerprint density at radius 3 is 2.32 bits per heavy atom. The minimum atomic E-state index is -0.942. The smallest absolute Gasteiger partial charge is 0.346 e. The van der Waals surface area contributed by atoms with Gasteiger partial charge in [0.2, 0.25) is 0 Å². The van der Waals surface area contributed by atoms with Gasteiger partial charge in [-0.15, -0.1) is 0 Å². The molecule has 0 spiro atoms. The maximum Gasteiger partial charge on any atom is 0.346 e. The van der Waals surface area contributed by atoms with Crippen LogP contribution < -0.4 is 5.69 Å². The zero-order valence-corrected chi connectivity index (χ0v) is 20.7. The molecule has 0 aliphatic rings. The van der Waals surface area contributed by atoms with Crippen LogP contribution in [-0.2, 0) is 19.5 Å². The van der Waals surface area contributed by atoms with E-state index in [2.05, 4.69) is 25.9 Å². The van der Waals surface area contributed by atoms with Gasteiger partial charge in [-0.2, -0.15) is 5.10 Å². The molecule has 0 amide bonds. The molecule has 1 heterocycles. The molecule has 6 nitrogen and oxygen atoms in total. The summed E-state index contributed by atoms with van der Waals surface area (Å²) in [6, 6.07) is 14.8. The Balaban J connectivity index is 1.77. The molecule has 182 valence electrons. The average Bonchev–Trinajstić information content (AvgIpc) is 3.10. The van der Waals surface area contributed by atoms with Crippen LogP contribution in [0.5, 0.6) is 0 Å². The van der Waals surface area contributed by atoms with E-state index in [4.69, 9.17) is 0 Å². The molecule has 0 atom stereocenters. The number of hydrogen-bond acceptors (Lipinski definition) is 3. The van der Waals surface area contributed by atoms with Crippen molar-refractivity contribution in [1.29, 1.82) is 0 Å². The van der Waals surface area contributed by atoms with Crippen LogP contribution in [0, 0.1) is 5.92 Å². The molecule has 0 bridgehead atoms. The fourth-order valence-corrected chi connectivity index (χ4v) is 4.24. The highest BCUT2D eigenvalue weighted by Gasteiger charge is 2.16. The average molecular weight is 464 g/mol. The number of carboxylic acid groups (broad SMARTS) is 1. The summed E-state index contributed by atoms with van der Waals surface area (Å²) in [5.74, 6) is 0.284. The maximum atomic E-state index is 13.1. The monoisotopic (exact) mass is 463 g/mol. The Kier molecular flexibility index (Phi) is 9.25. The number of carbonyl (C=O) groups is 1. The van der Waals surface area contributed by atoms with E-state index in [1.807, 2.05) is 36.4 Å². The highest BCUT2D eigenvalue weighted by atomic mass is 16.4. The molecule has 0 saturated carbocycles. The standard InChI is InChI=1S/C28H37N3O3/c1-4-5-6-7-8-11-18-31-28(34)30(26(29-31)19-21(2)3)20-22-14-16-23(17-15-22)24-12-9-10-13-25(24)27(32)33/h9-10,12-17,21H,4-8,11,18-20H2,1-3H3,(H,32,33). The molecule has 0 radical (unpaired) electrons. The SMILES string of the molecule is CCCCCCCCn1nc(CC(C)C)n(Cc2ccc(-c3ccccc3C(=O)O)cc2)c1=O. The Morgan fingerprint density at radius 2 is 1.65 bits per heavy atom. The van der Waals surface area contributed by atoms with Crippen LogP contribution in [0.15, 0.2) is 53.3 Å². The Labute approximate surface area is 202 Å². The first kappa shape index (κ1) is 25.5. The first-order valence-electron chi connectivity index (χ1n) is 12.5. The summed E-state index contributed by atoms with van der Waals surface area (Å²) < 4.78 is 3.42. The van der Waals surface area contributed by atoms with Crippen LogP contribution in [0.2, 0.25) is 0 Å². The van der Waals surface area contributed by atoms with Gasteiger partial charge in [0.15, 0.2) is 0 Å². The zero-order valence-electron chi connectivity index (χ0n) is 20.7. The molecule has 0 fully saturated rings. The molecule has 1 aromatic heterocycles. The lowest BCUT2D eigenvalue weighted by Gasteiger charge is -2.10. The molecular weight excluding hydrogens is 426 g/mol. The van der Waals surface area contributed by atoms with Gasteiger partial charge in [0.1, 0.15) is 5.82 Å². The number of unbranched alkanes of at least 4 members (excludes halogenated alkanes) is 5. The van der Waals surface area contributed by atoms with E-state index in [0.717, 1.165) is 36.2 Å². The van der Waals surface area contributed by atoms with Crippen molar-refractivity contribution in [2.45, 2.75) is 78.8 Å². The van der Waals surface area contributed by atoms with Crippen LogP contribution >= 0.6 is 0 Å². The van der Waals surface area contributed by atoms with Gasteiger partial charge in [0, 0.05) is 13.0 Å². The molecule has 6 heteroatoms. The number of aromatic carboxylic acids is 1. The van der Waals surface area contributed by atoms with Gasteiger partial charge in [-0.25, -0.2) is 14.3 Å². The Morgan fingerprint density at radius 1 is 0.971 bits per heavy atom. The topological polar surface area (TPSA) is 77.1 Å². The molecular formula is C28H37N3O3. The lowest BCUT2D eigenvalue weighted by molar-refractivity contribution is 0.0697. The summed E-state index contributed by atoms with van der Waals surface area (Å²) in [4.78, 5) is 24.7. The van der Waals surface area contributed by atoms with Crippen molar-refractivity contribution in [3.05, 3.63) is 76.0 Å². The summed E-state index contributed by atoms with van der Waals surface area (Å²) in [6.07, 6.45) is 7.81. The van der Waals surface area contributed by atoms with Gasteiger partial charge in [-0.05, 0) is 35.1 Å². The van der Waals surface area contributed by atoms with Crippen LogP contribution in [-0.4, -0.2) is 25.4 Å². The number of benzene rings is 2. The first-order chi connectivity index (χ1) is 16.4. The fourth-order valence-electron chi connectivity index (χ4n) is 4.24. The molecule has 3 rings (SSSR count). The summed E-state index contributed by atoms with van der Waals surface area (Å²) in [5.41, 5.74) is 2.75. The minimum absolute atomic E-state index is 0.0514. The second-order valence-electron chi connectivity index (χ2n) is 9.42. The third-order valence-corrected chi connectivity index (χ3v) is 6.08. The van der Waals surface area contributed by atoms with Crippen LogP contribution in [0.3, 0.4) is 0 Å². The number of rotatable bonds is 13. The zero-order chi connectivity index (χ0) is 24.5. The molecule has 0 aliphatic carbocycles. The van der Waals surface area contributed by atoms with Crippen molar-refractivity contribution in [3.8, 4) is 11.1 Å². The van der Waals surface area contributed by atoms with E-state index < -0.39 is 5.97 Å². The Bertz CT molecular complexity index is 1130. The number of aromatic nitrogens is 3. The largest absolute Gasteiger partial charge is 0.478 e. The van der Waals surface area contributed by atoms with Gasteiger partial charge in [-0.3, -0.25) is 4.57 Å². The molecule has 0 unspecified atom stereocenters. The number of carboxylic acids is 1. The summed E-state index contributed by atoms with van der Waals surface area (Å²) in [7, 11) is 0. The maximum absolute atomic E-state index is 13.1. The normalized spacial score (nSPS) is 11.3. The number of aryl methyl sites for hydroxylation is 1. The summed E-state index contributed by atoms with van der Waals surface area (Å²) in [5, 5.41) is 14.2. The molecule has 1 N–H and O–H groups in total. The minimum Gasteiger partial charge on any atom is -0.478 e. The molecule has 0 saturated heterocycles. The Hall–Kier alpha value is -3.15. The molecule has 2 aromatic carbocycles. The van der Waals surface area contributed by atoms with Crippen molar-refractivity contribution >= 4 is 5.97 Å². The lowest BCUT2D eigenvalue weighted by Crippen LogP contribution is -2.26. The van der Waals surface area contributed by atoms with Crippen LogP contribution in [0.25, 0.3) is 11.1 Å². The summed E-state index contributed by atoms with van der Waals surface area (Å²) in [6.45, 7) is 7.60. The number of hydrogen-bond donors (Lipinski definition) is 1. The third-order valence-electron chi connectivity index (χ3n) is 6.08. The van der Waals surface area contributed by atoms with Gasteiger partial charge < -0.3 is 5.11 Å². The third kappa shape index (κ3) is 6.69. The quantitative estimate of drug-likeness (QED) is 0.315. The van der Waals surface area contributed by atoms with Gasteiger partial charge in [0.05, 0.1) is 12.1 Å². The van der Waals surface area contributed by atoms with Gasteiger partial charge in [0.25, 0.3) is 0 Å². The van der Waals surface area contributed by atoms with Crippen molar-refractivity contribution in [3.63, 3.8) is 0 Å². The van der Waals surface area contributed by atoms with Gasteiger partial charge >= 0.3 is 11.7 Å². The van der Waals surface area contributed by atoms with Crippen molar-refractivity contribution < 1.29 is 9.90 Å². The van der Waals surface area contributed by atoms with E-state index in [-0.39, 0.29) is 11.3 Å². The van der Waals surface area contributed by atoms with Crippen molar-refractivity contribution in [1.82, 2.24) is 14.3 Å². The van der Waals surface area contributed by atoms with Crippen LogP contribution in [0.1, 0.15) is 81.0 Å². The highest BCUT2D eigenvalue weighted by Crippen LogP contribution is 2.24. The van der Waals surface area contributed by atoms with E-state index in [9.17, 15) is 14.7 Å². The molecule has 3 aromatic rings. The highest BCUT2D eigenvalue weighted by molar-refractivity contribution is 5.95. The van der Waals surface area contributed by atoms with E-state index in [0.29, 0.717) is 24.6 Å². The van der Waals surface area contributed by atoms with E-state index in [1.54, 1.807) is 21.4 Å². The molecule has 0 aliphatic heterocycles. The predicted octanol–water partition coefficient (Wildman–Crippen LogP) is 6.02. The lowest BCUT2D eigenvalue weighted by atomic mass is 9.99. The molecule has 34 heavy (non-hydrogen) atoms. The first-order valence-corrected chi connectivity index (χ1v) is 12.5. The predicted molar refractivity (Wildman–Crippen MR) is 136 cm³/mol. The van der Waals surface area contributed by atoms with Crippen LogP contribution in [0.4, 0.5) is 0 Å². The van der Waals surface area contributed by atoms with E-state index in [1.165, 1.54) is 25.7 Å². The second kappa shape index (κ2) is 12.4. The van der Waals surface area contributed by atoms with Crippen molar-refractivity contribution in [2.24, 2.45) is 5.92 Å². The van der Waals surface area contributed by atoms with Crippen molar-refractivity contribution in [2.75, 3.05) is 0 Å². The number of nitrogens with zero attached hydrogens (tertiary/aromatic N) is 3. The van der Waals surface area contributed by atoms with E-state index >= 15 is 0 Å². The summed E-state index contributed by atoms with van der Waals surface area (Å²) >= 11 is 0. The second-order valence-corrected chi connectivity index (χ2v) is 9.42.